The Morgan fingerprint density at radius 2 is 1.65 bits per heavy atom. The summed E-state index contributed by atoms with van der Waals surface area (Å²) in [6.45, 7) is 4.59. The molecule has 0 atom stereocenters. The number of hydrogen-bond acceptors (Lipinski definition) is 6. The molecule has 222 valence electrons. The smallest absolute Gasteiger partial charge is 0.355 e. The third-order valence-electron chi connectivity index (χ3n) is 7.41. The summed E-state index contributed by atoms with van der Waals surface area (Å²) in [5.74, 6) is 0.586. The number of halogens is 3. The number of piperidine rings is 1. The van der Waals surface area contributed by atoms with Gasteiger partial charge >= 0.3 is 6.18 Å². The van der Waals surface area contributed by atoms with Crippen LogP contribution in [0.3, 0.4) is 0 Å². The van der Waals surface area contributed by atoms with E-state index >= 15 is 0 Å². The summed E-state index contributed by atoms with van der Waals surface area (Å²) in [7, 11) is 0. The lowest BCUT2D eigenvalue weighted by Crippen LogP contribution is -2.46. The van der Waals surface area contributed by atoms with E-state index in [0.717, 1.165) is 66.5 Å². The fraction of sp³-hybridized carbons (Fsp3) is 0.273. The number of carbonyl (C=O) groups is 1. The van der Waals surface area contributed by atoms with E-state index in [4.69, 9.17) is 0 Å². The van der Waals surface area contributed by atoms with Crippen LogP contribution in [0.1, 0.15) is 41.1 Å². The molecule has 0 aliphatic carbocycles. The normalized spacial score (nSPS) is 14.6. The van der Waals surface area contributed by atoms with E-state index in [1.807, 2.05) is 48.2 Å². The van der Waals surface area contributed by atoms with Crippen LogP contribution in [0.4, 0.5) is 24.5 Å². The Morgan fingerprint density at radius 1 is 0.953 bits per heavy atom. The zero-order valence-electron chi connectivity index (χ0n) is 23.8. The van der Waals surface area contributed by atoms with E-state index in [9.17, 15) is 18.0 Å². The van der Waals surface area contributed by atoms with Crippen LogP contribution in [0, 0.1) is 6.92 Å². The Balaban J connectivity index is 1.28. The van der Waals surface area contributed by atoms with Gasteiger partial charge in [-0.2, -0.15) is 13.2 Å². The average Bonchev–Trinajstić information content (AvgIpc) is 3.00. The van der Waals surface area contributed by atoms with Crippen LogP contribution in [0.5, 0.6) is 0 Å². The van der Waals surface area contributed by atoms with Gasteiger partial charge in [-0.25, -0.2) is 9.97 Å². The van der Waals surface area contributed by atoms with Gasteiger partial charge in [-0.1, -0.05) is 24.3 Å². The van der Waals surface area contributed by atoms with Gasteiger partial charge in [0, 0.05) is 67.4 Å². The van der Waals surface area contributed by atoms with Gasteiger partial charge in [0.05, 0.1) is 12.1 Å². The zero-order chi connectivity index (χ0) is 30.2. The van der Waals surface area contributed by atoms with Crippen molar-refractivity contribution in [3.8, 4) is 0 Å². The second-order valence-electron chi connectivity index (χ2n) is 10.6. The minimum atomic E-state index is -4.40. The Labute approximate surface area is 249 Å². The number of likely N-dealkylation sites (tertiary alicyclic amines) is 1. The Hall–Kier alpha value is -4.57. The van der Waals surface area contributed by atoms with E-state index in [0.29, 0.717) is 18.7 Å². The summed E-state index contributed by atoms with van der Waals surface area (Å²) in [5.41, 5.74) is 3.57. The molecule has 43 heavy (non-hydrogen) atoms. The Bertz CT molecular complexity index is 1520. The number of aromatic nitrogens is 3. The Morgan fingerprint density at radius 3 is 2.30 bits per heavy atom. The molecule has 1 saturated heterocycles. The largest absolute Gasteiger partial charge is 0.416 e. The van der Waals surface area contributed by atoms with Gasteiger partial charge in [-0.3, -0.25) is 14.7 Å². The number of pyridine rings is 1. The molecule has 0 bridgehead atoms. The molecule has 0 saturated carbocycles. The fourth-order valence-electron chi connectivity index (χ4n) is 5.11. The van der Waals surface area contributed by atoms with E-state index in [2.05, 4.69) is 25.2 Å². The highest BCUT2D eigenvalue weighted by Crippen LogP contribution is 2.29. The number of rotatable bonds is 9. The molecule has 1 fully saturated rings. The molecular formula is C33H33F3N6O. The lowest BCUT2D eigenvalue weighted by atomic mass is 10.0. The molecular weight excluding hydrogens is 553 g/mol. The predicted molar refractivity (Wildman–Crippen MR) is 160 cm³/mol. The van der Waals surface area contributed by atoms with Gasteiger partial charge in [-0.15, -0.1) is 0 Å². The molecule has 5 rings (SSSR count). The fourth-order valence-corrected chi connectivity index (χ4v) is 5.11. The van der Waals surface area contributed by atoms with Crippen LogP contribution in [-0.2, 0) is 24.1 Å². The number of hydrogen-bond donors (Lipinski definition) is 1. The van der Waals surface area contributed by atoms with Crippen LogP contribution < -0.4 is 5.32 Å². The van der Waals surface area contributed by atoms with Gasteiger partial charge in [0.1, 0.15) is 5.82 Å². The highest BCUT2D eigenvalue weighted by molar-refractivity contribution is 5.92. The van der Waals surface area contributed by atoms with Gasteiger partial charge in [0.25, 0.3) is 0 Å². The van der Waals surface area contributed by atoms with Gasteiger partial charge in [0.15, 0.2) is 0 Å². The molecule has 3 heterocycles. The standard InChI is InChI=1S/C33H33F3N6O/c1-24-21-29(13-18-37-24)40-28-10-5-26(6-11-28)22-42(30-14-19-41(20-15-30)23-31-38-16-2-17-39-31)32(43)12-7-25-3-8-27(9-4-25)33(34,35)36/h2-13,16-18,21,30H,14-15,19-20,22-23H2,1H3,(H,37,40)/b12-7+. The molecule has 1 aliphatic rings. The maximum absolute atomic E-state index is 13.6. The number of aryl methyl sites for hydroxylation is 1. The molecule has 1 aliphatic heterocycles. The van der Waals surface area contributed by atoms with Crippen molar-refractivity contribution >= 4 is 23.4 Å². The number of alkyl halides is 3. The monoisotopic (exact) mass is 586 g/mol. The molecule has 4 aromatic rings. The topological polar surface area (TPSA) is 74.2 Å². The average molecular weight is 587 g/mol. The lowest BCUT2D eigenvalue weighted by molar-refractivity contribution is -0.137. The highest BCUT2D eigenvalue weighted by Gasteiger charge is 2.30. The summed E-state index contributed by atoms with van der Waals surface area (Å²) in [5, 5.41) is 3.37. The summed E-state index contributed by atoms with van der Waals surface area (Å²) in [6.07, 6.45) is 5.41. The van der Waals surface area contributed by atoms with Gasteiger partial charge in [0.2, 0.25) is 5.91 Å². The molecule has 2 aromatic heterocycles. The van der Waals surface area contributed by atoms with Crippen molar-refractivity contribution in [1.29, 1.82) is 0 Å². The second-order valence-corrected chi connectivity index (χ2v) is 10.6. The van der Waals surface area contributed by atoms with Crippen LogP contribution in [0.25, 0.3) is 6.08 Å². The molecule has 0 unspecified atom stereocenters. The molecule has 0 radical (unpaired) electrons. The minimum Gasteiger partial charge on any atom is -0.355 e. The Kier molecular flexibility index (Phi) is 9.46. The first-order valence-electron chi connectivity index (χ1n) is 14.2. The van der Waals surface area contributed by atoms with Crippen LogP contribution in [-0.4, -0.2) is 49.8 Å². The van der Waals surface area contributed by atoms with Crippen molar-refractivity contribution in [2.24, 2.45) is 0 Å². The van der Waals surface area contributed by atoms with Crippen molar-refractivity contribution in [1.82, 2.24) is 24.8 Å². The number of amides is 1. The van der Waals surface area contributed by atoms with Crippen LogP contribution in [0.2, 0.25) is 0 Å². The van der Waals surface area contributed by atoms with Crippen LogP contribution >= 0.6 is 0 Å². The minimum absolute atomic E-state index is 0.00953. The first-order valence-corrected chi connectivity index (χ1v) is 14.2. The molecule has 7 nitrogen and oxygen atoms in total. The highest BCUT2D eigenvalue weighted by atomic mass is 19.4. The first kappa shape index (κ1) is 29.9. The number of benzene rings is 2. The molecule has 0 spiro atoms. The maximum atomic E-state index is 13.6. The summed E-state index contributed by atoms with van der Waals surface area (Å²) >= 11 is 0. The van der Waals surface area contributed by atoms with Crippen molar-refractivity contribution in [2.75, 3.05) is 18.4 Å². The first-order chi connectivity index (χ1) is 20.7. The lowest BCUT2D eigenvalue weighted by Gasteiger charge is -2.38. The number of nitrogens with zero attached hydrogens (tertiary/aromatic N) is 5. The van der Waals surface area contributed by atoms with E-state index in [1.54, 1.807) is 30.7 Å². The predicted octanol–water partition coefficient (Wildman–Crippen LogP) is 6.65. The van der Waals surface area contributed by atoms with Gasteiger partial charge < -0.3 is 10.2 Å². The molecule has 2 aromatic carbocycles. The number of nitrogens with one attached hydrogen (secondary N) is 1. The molecule has 1 amide bonds. The summed E-state index contributed by atoms with van der Waals surface area (Å²) < 4.78 is 38.9. The van der Waals surface area contributed by atoms with Gasteiger partial charge in [-0.05, 0) is 79.4 Å². The molecule has 1 N–H and O–H groups in total. The molecule has 10 heteroatoms. The van der Waals surface area contributed by atoms with E-state index < -0.39 is 11.7 Å². The van der Waals surface area contributed by atoms with E-state index in [1.165, 1.54) is 18.2 Å². The zero-order valence-corrected chi connectivity index (χ0v) is 23.8. The maximum Gasteiger partial charge on any atom is 0.416 e. The van der Waals surface area contributed by atoms with Crippen molar-refractivity contribution in [2.45, 2.75) is 45.1 Å². The summed E-state index contributed by atoms with van der Waals surface area (Å²) in [4.78, 5) is 30.6. The number of anilines is 2. The van der Waals surface area contributed by atoms with Crippen molar-refractivity contribution < 1.29 is 18.0 Å². The van der Waals surface area contributed by atoms with Crippen molar-refractivity contribution in [3.63, 3.8) is 0 Å². The quantitative estimate of drug-likeness (QED) is 0.222. The van der Waals surface area contributed by atoms with E-state index in [-0.39, 0.29) is 11.9 Å². The van der Waals surface area contributed by atoms with Crippen molar-refractivity contribution in [3.05, 3.63) is 120 Å². The third kappa shape index (κ3) is 8.48. The number of carbonyl (C=O) groups excluding carboxylic acids is 1. The summed E-state index contributed by atoms with van der Waals surface area (Å²) in [6, 6.07) is 18.4. The second kappa shape index (κ2) is 13.6. The third-order valence-corrected chi connectivity index (χ3v) is 7.41. The van der Waals surface area contributed by atoms with Crippen LogP contribution in [0.15, 0.2) is 91.4 Å². The SMILES string of the molecule is Cc1cc(Nc2ccc(CN(C(=O)/C=C/c3ccc(C(F)(F)F)cc3)C3CCN(Cc4ncccn4)CC3)cc2)ccn1.